The fourth-order valence-corrected chi connectivity index (χ4v) is 4.10. The highest BCUT2D eigenvalue weighted by Gasteiger charge is 2.43. The van der Waals surface area contributed by atoms with Gasteiger partial charge >= 0.3 is 17.9 Å². The standard InChI is InChI=1S/C27H21N3O13/c1-15-24(43-27(33)18-6-12-21(13-7-18)30(38)39)22(41-25(31)16-2-8-19(9-3-16)28(34)35)14-23(40-15)42-26(32)17-4-10-20(11-5-17)29(36)37/h2-13,15,22-24H,14H2,1H3/t15-,22+,23-,24-/m0/s1. The summed E-state index contributed by atoms with van der Waals surface area (Å²) < 4.78 is 22.2. The molecular formula is C27H21N3O13. The summed E-state index contributed by atoms with van der Waals surface area (Å²) in [4.78, 5) is 69.3. The van der Waals surface area contributed by atoms with Crippen molar-refractivity contribution in [3.05, 3.63) is 120 Å². The van der Waals surface area contributed by atoms with Gasteiger partial charge in [-0.15, -0.1) is 0 Å². The number of rotatable bonds is 9. The van der Waals surface area contributed by atoms with Crippen molar-refractivity contribution in [3.63, 3.8) is 0 Å². The van der Waals surface area contributed by atoms with Gasteiger partial charge in [-0.3, -0.25) is 30.3 Å². The Morgan fingerprint density at radius 1 is 0.628 bits per heavy atom. The molecule has 0 aromatic heterocycles. The second-order valence-electron chi connectivity index (χ2n) is 9.14. The summed E-state index contributed by atoms with van der Waals surface area (Å²) in [5, 5.41) is 32.8. The van der Waals surface area contributed by atoms with Gasteiger partial charge in [0.15, 0.2) is 6.10 Å². The monoisotopic (exact) mass is 595 g/mol. The fourth-order valence-electron chi connectivity index (χ4n) is 4.10. The lowest BCUT2D eigenvalue weighted by Crippen LogP contribution is -2.51. The van der Waals surface area contributed by atoms with Crippen molar-refractivity contribution in [3.8, 4) is 0 Å². The minimum absolute atomic E-state index is 0.0204. The smallest absolute Gasteiger partial charge is 0.340 e. The van der Waals surface area contributed by atoms with E-state index in [-0.39, 0.29) is 40.2 Å². The number of nitro groups is 3. The van der Waals surface area contributed by atoms with Gasteiger partial charge in [-0.1, -0.05) is 0 Å². The molecule has 1 fully saturated rings. The van der Waals surface area contributed by atoms with Gasteiger partial charge in [0.2, 0.25) is 6.29 Å². The third kappa shape index (κ3) is 7.31. The van der Waals surface area contributed by atoms with Crippen LogP contribution in [0.4, 0.5) is 17.1 Å². The van der Waals surface area contributed by atoms with E-state index in [2.05, 4.69) is 0 Å². The minimum Gasteiger partial charge on any atom is -0.454 e. The summed E-state index contributed by atoms with van der Waals surface area (Å²) in [5.74, 6) is -2.73. The van der Waals surface area contributed by atoms with E-state index >= 15 is 0 Å². The average molecular weight is 595 g/mol. The van der Waals surface area contributed by atoms with Crippen LogP contribution in [0, 0.1) is 30.3 Å². The molecule has 4 atom stereocenters. The molecular weight excluding hydrogens is 574 g/mol. The molecule has 0 radical (unpaired) electrons. The fraction of sp³-hybridized carbons (Fsp3) is 0.222. The van der Waals surface area contributed by atoms with E-state index in [0.717, 1.165) is 36.4 Å². The first kappa shape index (κ1) is 30.2. The lowest BCUT2D eigenvalue weighted by atomic mass is 10.0. The molecule has 4 rings (SSSR count). The Bertz CT molecular complexity index is 1560. The highest BCUT2D eigenvalue weighted by atomic mass is 16.7. The molecule has 1 heterocycles. The predicted molar refractivity (Wildman–Crippen MR) is 142 cm³/mol. The first-order chi connectivity index (χ1) is 20.4. The van der Waals surface area contributed by atoms with E-state index in [0.29, 0.717) is 0 Å². The van der Waals surface area contributed by atoms with Crippen LogP contribution in [0.5, 0.6) is 0 Å². The quantitative estimate of drug-likeness (QED) is 0.147. The molecule has 43 heavy (non-hydrogen) atoms. The number of nitro benzene ring substituents is 3. The van der Waals surface area contributed by atoms with Crippen LogP contribution in [0.25, 0.3) is 0 Å². The summed E-state index contributed by atoms with van der Waals surface area (Å²) in [6, 6.07) is 13.7. The Labute approximate surface area is 241 Å². The highest BCUT2D eigenvalue weighted by molar-refractivity contribution is 5.91. The summed E-state index contributed by atoms with van der Waals surface area (Å²) in [6.45, 7) is 1.46. The van der Waals surface area contributed by atoms with Crippen molar-refractivity contribution in [2.45, 2.75) is 37.9 Å². The molecule has 0 saturated carbocycles. The summed E-state index contributed by atoms with van der Waals surface area (Å²) >= 11 is 0. The molecule has 16 heteroatoms. The van der Waals surface area contributed by atoms with Gasteiger partial charge in [0.05, 0.1) is 44.0 Å². The van der Waals surface area contributed by atoms with Crippen molar-refractivity contribution < 1.29 is 48.1 Å². The molecule has 3 aromatic rings. The van der Waals surface area contributed by atoms with Crippen molar-refractivity contribution >= 4 is 35.0 Å². The van der Waals surface area contributed by atoms with E-state index < -0.39 is 57.3 Å². The minimum atomic E-state index is -1.30. The first-order valence-electron chi connectivity index (χ1n) is 12.4. The Balaban J connectivity index is 1.53. The number of hydrogen-bond acceptors (Lipinski definition) is 13. The zero-order chi connectivity index (χ0) is 31.3. The maximum absolute atomic E-state index is 12.9. The second-order valence-corrected chi connectivity index (χ2v) is 9.14. The third-order valence-corrected chi connectivity index (χ3v) is 6.30. The van der Waals surface area contributed by atoms with E-state index in [1.807, 2.05) is 0 Å². The summed E-state index contributed by atoms with van der Waals surface area (Å²) in [5.41, 5.74) is -0.861. The Morgan fingerprint density at radius 3 is 1.35 bits per heavy atom. The molecule has 0 bridgehead atoms. The molecule has 222 valence electrons. The number of non-ortho nitro benzene ring substituents is 3. The largest absolute Gasteiger partial charge is 0.454 e. The zero-order valence-corrected chi connectivity index (χ0v) is 22.1. The van der Waals surface area contributed by atoms with Crippen LogP contribution in [-0.2, 0) is 18.9 Å². The van der Waals surface area contributed by atoms with Crippen LogP contribution in [0.2, 0.25) is 0 Å². The average Bonchev–Trinajstić information content (AvgIpc) is 2.98. The normalized spacial score (nSPS) is 19.5. The zero-order valence-electron chi connectivity index (χ0n) is 22.1. The number of hydrogen-bond donors (Lipinski definition) is 0. The van der Waals surface area contributed by atoms with Crippen LogP contribution >= 0.6 is 0 Å². The molecule has 0 amide bonds. The van der Waals surface area contributed by atoms with E-state index in [9.17, 15) is 44.7 Å². The van der Waals surface area contributed by atoms with Crippen LogP contribution in [0.3, 0.4) is 0 Å². The van der Waals surface area contributed by atoms with Crippen molar-refractivity contribution in [2.24, 2.45) is 0 Å². The van der Waals surface area contributed by atoms with Gasteiger partial charge in [0, 0.05) is 36.4 Å². The highest BCUT2D eigenvalue weighted by Crippen LogP contribution is 2.29. The van der Waals surface area contributed by atoms with Gasteiger partial charge in [0.1, 0.15) is 6.10 Å². The van der Waals surface area contributed by atoms with Gasteiger partial charge in [0.25, 0.3) is 17.1 Å². The van der Waals surface area contributed by atoms with E-state index in [1.54, 1.807) is 0 Å². The van der Waals surface area contributed by atoms with Crippen molar-refractivity contribution in [1.29, 1.82) is 0 Å². The first-order valence-corrected chi connectivity index (χ1v) is 12.4. The maximum Gasteiger partial charge on any atom is 0.340 e. The van der Waals surface area contributed by atoms with E-state index in [4.69, 9.17) is 18.9 Å². The molecule has 0 aliphatic carbocycles. The number of ether oxygens (including phenoxy) is 4. The molecule has 3 aromatic carbocycles. The Hall–Kier alpha value is -5.77. The number of nitrogens with zero attached hydrogens (tertiary/aromatic N) is 3. The summed E-state index contributed by atoms with van der Waals surface area (Å²) in [7, 11) is 0. The van der Waals surface area contributed by atoms with Gasteiger partial charge in [-0.25, -0.2) is 14.4 Å². The molecule has 0 spiro atoms. The SMILES string of the molecule is C[C@@H]1O[C@@H](OC(=O)c2ccc([N+](=O)[O-])cc2)C[C@@H](OC(=O)c2ccc([N+](=O)[O-])cc2)[C@H]1OC(=O)c1ccc([N+](=O)[O-])cc1. The molecule has 0 N–H and O–H groups in total. The van der Waals surface area contributed by atoms with Gasteiger partial charge in [-0.05, 0) is 43.3 Å². The second kappa shape index (κ2) is 12.8. The topological polar surface area (TPSA) is 218 Å². The van der Waals surface area contributed by atoms with Crippen molar-refractivity contribution in [1.82, 2.24) is 0 Å². The van der Waals surface area contributed by atoms with Crippen molar-refractivity contribution in [2.75, 3.05) is 0 Å². The van der Waals surface area contributed by atoms with Gasteiger partial charge in [-0.2, -0.15) is 0 Å². The third-order valence-electron chi connectivity index (χ3n) is 6.30. The molecule has 16 nitrogen and oxygen atoms in total. The lowest BCUT2D eigenvalue weighted by molar-refractivity contribution is -0.385. The molecule has 1 aliphatic heterocycles. The van der Waals surface area contributed by atoms with Crippen LogP contribution < -0.4 is 0 Å². The van der Waals surface area contributed by atoms with E-state index in [1.165, 1.54) is 43.3 Å². The molecule has 0 unspecified atom stereocenters. The number of carbonyl (C=O) groups excluding carboxylic acids is 3. The van der Waals surface area contributed by atoms with Crippen LogP contribution in [-0.4, -0.2) is 57.3 Å². The summed E-state index contributed by atoms with van der Waals surface area (Å²) in [6.07, 6.45) is -5.11. The van der Waals surface area contributed by atoms with Crippen LogP contribution in [0.15, 0.2) is 72.8 Å². The number of carbonyl (C=O) groups is 3. The predicted octanol–water partition coefficient (Wildman–Crippen LogP) is 4.15. The lowest BCUT2D eigenvalue weighted by Gasteiger charge is -2.38. The molecule has 1 aliphatic rings. The Morgan fingerprint density at radius 2 is 0.977 bits per heavy atom. The number of esters is 3. The Kier molecular flexibility index (Phi) is 9.00. The molecule has 1 saturated heterocycles. The maximum atomic E-state index is 12.9. The number of benzene rings is 3. The van der Waals surface area contributed by atoms with Gasteiger partial charge < -0.3 is 18.9 Å². The van der Waals surface area contributed by atoms with Crippen LogP contribution in [0.1, 0.15) is 44.4 Å².